The second-order valence-corrected chi connectivity index (χ2v) is 9.55. The number of methoxy groups -OCH3 is 1. The van der Waals surface area contributed by atoms with E-state index in [1.807, 2.05) is 54.6 Å². The van der Waals surface area contributed by atoms with Crippen LogP contribution in [-0.4, -0.2) is 52.5 Å². The Hall–Kier alpha value is -4.44. The first-order chi connectivity index (χ1) is 18.5. The fraction of sp³-hybridized carbons (Fsp3) is 0.179. The molecule has 0 aliphatic carbocycles. The van der Waals surface area contributed by atoms with Gasteiger partial charge in [-0.15, -0.1) is 0 Å². The van der Waals surface area contributed by atoms with Crippen LogP contribution in [0.1, 0.15) is 17.5 Å². The van der Waals surface area contributed by atoms with Crippen LogP contribution < -0.4 is 15.4 Å². The topological polar surface area (TPSA) is 112 Å². The van der Waals surface area contributed by atoms with E-state index in [0.717, 1.165) is 5.56 Å². The van der Waals surface area contributed by atoms with Crippen molar-refractivity contribution in [1.82, 2.24) is 10.2 Å². The Balaban J connectivity index is 1.31. The van der Waals surface area contributed by atoms with E-state index in [0.29, 0.717) is 40.2 Å². The summed E-state index contributed by atoms with van der Waals surface area (Å²) in [6, 6.07) is 23.1. The largest absolute Gasteiger partial charge is 0.497 e. The number of para-hydroxylation sites is 1. The summed E-state index contributed by atoms with van der Waals surface area (Å²) in [6.07, 6.45) is -0.0869. The van der Waals surface area contributed by atoms with Crippen LogP contribution in [0.15, 0.2) is 88.8 Å². The fourth-order valence-corrected chi connectivity index (χ4v) is 5.02. The van der Waals surface area contributed by atoms with Crippen LogP contribution in [0, 0.1) is 0 Å². The van der Waals surface area contributed by atoms with Gasteiger partial charge in [-0.25, -0.2) is 4.99 Å². The van der Waals surface area contributed by atoms with Gasteiger partial charge < -0.3 is 15.4 Å². The molecule has 2 N–H and O–H groups in total. The molecule has 9 nitrogen and oxygen atoms in total. The molecule has 1 unspecified atom stereocenters. The number of anilines is 1. The molecule has 2 aliphatic rings. The number of nitrogens with one attached hydrogen (secondary N) is 2. The van der Waals surface area contributed by atoms with E-state index < -0.39 is 11.9 Å². The predicted octanol–water partition coefficient (Wildman–Crippen LogP) is 3.73. The molecule has 0 bridgehead atoms. The number of rotatable bonds is 8. The van der Waals surface area contributed by atoms with Gasteiger partial charge in [-0.2, -0.15) is 4.99 Å². The highest BCUT2D eigenvalue weighted by Crippen LogP contribution is 2.35. The van der Waals surface area contributed by atoms with E-state index in [4.69, 9.17) is 9.73 Å². The molecule has 3 aromatic carbocycles. The Morgan fingerprint density at radius 3 is 2.58 bits per heavy atom. The van der Waals surface area contributed by atoms with E-state index >= 15 is 0 Å². The van der Waals surface area contributed by atoms with Gasteiger partial charge in [0.1, 0.15) is 17.6 Å². The highest BCUT2D eigenvalue weighted by atomic mass is 32.2. The van der Waals surface area contributed by atoms with Crippen LogP contribution in [0.3, 0.4) is 0 Å². The Kier molecular flexibility index (Phi) is 7.50. The average molecular weight is 528 g/mol. The lowest BCUT2D eigenvalue weighted by Gasteiger charge is -2.30. The van der Waals surface area contributed by atoms with Gasteiger partial charge in [0.25, 0.3) is 5.91 Å². The van der Waals surface area contributed by atoms with Crippen molar-refractivity contribution in [3.8, 4) is 5.75 Å². The summed E-state index contributed by atoms with van der Waals surface area (Å²) in [5.74, 6) is 0.184. The molecule has 2 aliphatic heterocycles. The van der Waals surface area contributed by atoms with Crippen molar-refractivity contribution in [1.29, 1.82) is 0 Å². The summed E-state index contributed by atoms with van der Waals surface area (Å²) in [6.45, 7) is 0.358. The first-order valence-electron chi connectivity index (χ1n) is 12.0. The van der Waals surface area contributed by atoms with E-state index in [2.05, 4.69) is 15.6 Å². The van der Waals surface area contributed by atoms with E-state index in [1.165, 1.54) is 11.8 Å². The number of ether oxygens (including phenoxy) is 1. The number of benzene rings is 3. The third-order valence-electron chi connectivity index (χ3n) is 6.01. The number of fused-ring (bicyclic) bond motifs is 3. The standard InChI is InChI=1S/C28H25N5O4S/c1-37-20-11-7-10-19(14-20)30-25(35)17-38-28-31-22-13-6-5-12-21(22)26-32-27(36)23(33(26)28)15-24(34)29-16-18-8-3-2-4-9-18/h2-14,23H,15-17H2,1H3,(H,29,34)(H,30,35). The van der Waals surface area contributed by atoms with Gasteiger partial charge >= 0.3 is 0 Å². The third-order valence-corrected chi connectivity index (χ3v) is 6.96. The molecule has 0 aromatic heterocycles. The first-order valence-corrected chi connectivity index (χ1v) is 13.0. The number of thioether (sulfide) groups is 1. The zero-order valence-corrected chi connectivity index (χ0v) is 21.4. The zero-order valence-electron chi connectivity index (χ0n) is 20.6. The zero-order chi connectivity index (χ0) is 26.5. The Morgan fingerprint density at radius 2 is 1.76 bits per heavy atom. The molecule has 10 heteroatoms. The van der Waals surface area contributed by atoms with Gasteiger partial charge in [-0.3, -0.25) is 19.3 Å². The molecule has 192 valence electrons. The van der Waals surface area contributed by atoms with Gasteiger partial charge in [-0.1, -0.05) is 60.3 Å². The minimum absolute atomic E-state index is 0.0447. The smallest absolute Gasteiger partial charge is 0.271 e. The van der Waals surface area contributed by atoms with Crippen LogP contribution in [0.2, 0.25) is 0 Å². The molecule has 2 heterocycles. The van der Waals surface area contributed by atoms with E-state index in [-0.39, 0.29) is 24.0 Å². The second-order valence-electron chi connectivity index (χ2n) is 8.61. The van der Waals surface area contributed by atoms with Crippen molar-refractivity contribution in [2.75, 3.05) is 18.2 Å². The monoisotopic (exact) mass is 527 g/mol. The highest BCUT2D eigenvalue weighted by molar-refractivity contribution is 8.14. The molecule has 3 amide bonds. The van der Waals surface area contributed by atoms with Crippen LogP contribution in [0.5, 0.6) is 5.75 Å². The van der Waals surface area contributed by atoms with Crippen LogP contribution in [0.4, 0.5) is 11.4 Å². The summed E-state index contributed by atoms with van der Waals surface area (Å²) in [5.41, 5.74) is 2.93. The summed E-state index contributed by atoms with van der Waals surface area (Å²) < 4.78 is 5.21. The molecule has 0 fully saturated rings. The van der Waals surface area contributed by atoms with Gasteiger partial charge in [-0.05, 0) is 29.8 Å². The van der Waals surface area contributed by atoms with Crippen molar-refractivity contribution < 1.29 is 19.1 Å². The molecule has 38 heavy (non-hydrogen) atoms. The second kappa shape index (κ2) is 11.3. The third kappa shape index (κ3) is 5.60. The van der Waals surface area contributed by atoms with Crippen LogP contribution in [-0.2, 0) is 20.9 Å². The maximum absolute atomic E-state index is 13.0. The predicted molar refractivity (Wildman–Crippen MR) is 148 cm³/mol. The van der Waals surface area contributed by atoms with Crippen molar-refractivity contribution in [2.45, 2.75) is 19.0 Å². The lowest BCUT2D eigenvalue weighted by atomic mass is 10.1. The van der Waals surface area contributed by atoms with Crippen molar-refractivity contribution in [3.05, 3.63) is 90.0 Å². The number of hydrogen-bond donors (Lipinski definition) is 2. The van der Waals surface area contributed by atoms with E-state index in [9.17, 15) is 14.4 Å². The number of aliphatic imine (C=N–C) groups is 2. The average Bonchev–Trinajstić information content (AvgIpc) is 3.27. The SMILES string of the molecule is COc1cccc(NC(=O)CSC2=Nc3ccccc3C3=NC(=O)C(CC(=O)NCc4ccccc4)N23)c1. The van der Waals surface area contributed by atoms with Crippen molar-refractivity contribution in [2.24, 2.45) is 9.98 Å². The first kappa shape index (κ1) is 25.2. The van der Waals surface area contributed by atoms with Crippen molar-refractivity contribution in [3.63, 3.8) is 0 Å². The molecule has 1 atom stereocenters. The summed E-state index contributed by atoms with van der Waals surface area (Å²) in [4.78, 5) is 49.2. The minimum Gasteiger partial charge on any atom is -0.497 e. The molecular formula is C28H25N5O4S. The van der Waals surface area contributed by atoms with Gasteiger partial charge in [0.2, 0.25) is 11.8 Å². The molecular weight excluding hydrogens is 502 g/mol. The molecule has 5 rings (SSSR count). The van der Waals surface area contributed by atoms with Crippen LogP contribution in [0.25, 0.3) is 0 Å². The molecule has 3 aromatic rings. The summed E-state index contributed by atoms with van der Waals surface area (Å²) in [5, 5.41) is 6.16. The Bertz CT molecular complexity index is 1440. The lowest BCUT2D eigenvalue weighted by Crippen LogP contribution is -2.46. The van der Waals surface area contributed by atoms with Crippen molar-refractivity contribution >= 4 is 51.9 Å². The summed E-state index contributed by atoms with van der Waals surface area (Å²) in [7, 11) is 1.56. The van der Waals surface area contributed by atoms with Gasteiger partial charge in [0, 0.05) is 23.9 Å². The number of carbonyl (C=O) groups excluding carboxylic acids is 3. The number of nitrogens with zero attached hydrogens (tertiary/aromatic N) is 3. The molecule has 0 radical (unpaired) electrons. The lowest BCUT2D eigenvalue weighted by molar-refractivity contribution is -0.126. The molecule has 0 saturated carbocycles. The quantitative estimate of drug-likeness (QED) is 0.462. The molecule has 0 saturated heterocycles. The molecule has 0 spiro atoms. The number of amides is 3. The maximum atomic E-state index is 13.0. The van der Waals surface area contributed by atoms with Crippen LogP contribution >= 0.6 is 11.8 Å². The van der Waals surface area contributed by atoms with Gasteiger partial charge in [0.05, 0.1) is 25.0 Å². The summed E-state index contributed by atoms with van der Waals surface area (Å²) >= 11 is 1.19. The number of amidine groups is 2. The van der Waals surface area contributed by atoms with E-state index in [1.54, 1.807) is 36.3 Å². The Labute approximate surface area is 224 Å². The highest BCUT2D eigenvalue weighted by Gasteiger charge is 2.42. The fourth-order valence-electron chi connectivity index (χ4n) is 4.17. The maximum Gasteiger partial charge on any atom is 0.271 e. The number of hydrogen-bond acceptors (Lipinski definition) is 7. The number of carbonyl (C=O) groups is 3. The van der Waals surface area contributed by atoms with Gasteiger partial charge in [0.15, 0.2) is 5.17 Å². The normalized spacial score (nSPS) is 15.7. The minimum atomic E-state index is -0.846. The Morgan fingerprint density at radius 1 is 0.974 bits per heavy atom.